The molecule has 3 nitrogen and oxygen atoms in total. The lowest BCUT2D eigenvalue weighted by atomic mass is 10.3. The average molecular weight is 234 g/mol. The van der Waals surface area contributed by atoms with Crippen LogP contribution >= 0.6 is 23.6 Å². The van der Waals surface area contributed by atoms with Crippen molar-refractivity contribution in [2.75, 3.05) is 0 Å². The van der Waals surface area contributed by atoms with E-state index in [0.717, 1.165) is 20.9 Å². The SMILES string of the molecule is S=c1[nH]c(-c2nc3ccccc3s2)co1. The quantitative estimate of drug-likeness (QED) is 0.654. The number of thiazole rings is 1. The second-order valence-electron chi connectivity index (χ2n) is 3.05. The molecule has 74 valence electrons. The summed E-state index contributed by atoms with van der Waals surface area (Å²) in [6.07, 6.45) is 1.60. The zero-order chi connectivity index (χ0) is 10.3. The minimum Gasteiger partial charge on any atom is -0.437 e. The Balaban J connectivity index is 2.24. The zero-order valence-corrected chi connectivity index (χ0v) is 9.19. The lowest BCUT2D eigenvalue weighted by Gasteiger charge is -1.83. The van der Waals surface area contributed by atoms with E-state index in [1.54, 1.807) is 17.6 Å². The summed E-state index contributed by atoms with van der Waals surface area (Å²) in [6, 6.07) is 8.01. The van der Waals surface area contributed by atoms with Crippen LogP contribution in [0.4, 0.5) is 0 Å². The number of fused-ring (bicyclic) bond motifs is 1. The highest BCUT2D eigenvalue weighted by Gasteiger charge is 2.07. The van der Waals surface area contributed by atoms with Crippen molar-refractivity contribution in [3.05, 3.63) is 35.4 Å². The van der Waals surface area contributed by atoms with Gasteiger partial charge in [0.1, 0.15) is 17.0 Å². The third kappa shape index (κ3) is 1.49. The first-order valence-electron chi connectivity index (χ1n) is 4.37. The van der Waals surface area contributed by atoms with Crippen molar-refractivity contribution in [1.82, 2.24) is 9.97 Å². The second kappa shape index (κ2) is 3.29. The molecule has 0 unspecified atom stereocenters. The molecule has 3 rings (SSSR count). The fraction of sp³-hybridized carbons (Fsp3) is 0. The number of hydrogen-bond acceptors (Lipinski definition) is 4. The van der Waals surface area contributed by atoms with Crippen molar-refractivity contribution in [2.24, 2.45) is 0 Å². The third-order valence-electron chi connectivity index (χ3n) is 2.04. The average Bonchev–Trinajstić information content (AvgIpc) is 2.82. The van der Waals surface area contributed by atoms with Gasteiger partial charge in [0.15, 0.2) is 0 Å². The summed E-state index contributed by atoms with van der Waals surface area (Å²) < 4.78 is 6.20. The molecule has 3 aromatic rings. The molecule has 0 saturated carbocycles. The highest BCUT2D eigenvalue weighted by atomic mass is 32.1. The molecule has 0 bridgehead atoms. The van der Waals surface area contributed by atoms with Gasteiger partial charge in [-0.3, -0.25) is 0 Å². The molecule has 2 heterocycles. The van der Waals surface area contributed by atoms with E-state index in [4.69, 9.17) is 16.6 Å². The van der Waals surface area contributed by atoms with Gasteiger partial charge in [-0.05, 0) is 24.4 Å². The molecule has 0 amide bonds. The lowest BCUT2D eigenvalue weighted by Crippen LogP contribution is -1.73. The lowest BCUT2D eigenvalue weighted by molar-refractivity contribution is 0.541. The highest BCUT2D eigenvalue weighted by Crippen LogP contribution is 2.28. The van der Waals surface area contributed by atoms with E-state index in [-0.39, 0.29) is 0 Å². The van der Waals surface area contributed by atoms with Crippen LogP contribution < -0.4 is 0 Å². The number of nitrogens with one attached hydrogen (secondary N) is 1. The molecule has 1 aromatic carbocycles. The van der Waals surface area contributed by atoms with E-state index in [2.05, 4.69) is 9.97 Å². The fourth-order valence-electron chi connectivity index (χ4n) is 1.37. The van der Waals surface area contributed by atoms with Crippen LogP contribution in [0.15, 0.2) is 34.9 Å². The first-order valence-corrected chi connectivity index (χ1v) is 5.59. The molecule has 5 heteroatoms. The maximum Gasteiger partial charge on any atom is 0.266 e. The normalized spacial score (nSPS) is 10.9. The maximum atomic E-state index is 5.04. The summed E-state index contributed by atoms with van der Waals surface area (Å²) in [6.45, 7) is 0. The van der Waals surface area contributed by atoms with Crippen LogP contribution in [0.1, 0.15) is 0 Å². The van der Waals surface area contributed by atoms with Crippen molar-refractivity contribution < 1.29 is 4.42 Å². The number of benzene rings is 1. The van der Waals surface area contributed by atoms with Gasteiger partial charge in [0.25, 0.3) is 4.84 Å². The topological polar surface area (TPSA) is 41.8 Å². The first kappa shape index (κ1) is 8.82. The Kier molecular flexibility index (Phi) is 1.93. The summed E-state index contributed by atoms with van der Waals surface area (Å²) in [4.78, 5) is 7.81. The summed E-state index contributed by atoms with van der Waals surface area (Å²) in [5.74, 6) is 0. The van der Waals surface area contributed by atoms with E-state index in [1.165, 1.54) is 0 Å². The highest BCUT2D eigenvalue weighted by molar-refractivity contribution is 7.71. The van der Waals surface area contributed by atoms with Crippen LogP contribution in [0, 0.1) is 4.84 Å². The van der Waals surface area contributed by atoms with Crippen molar-refractivity contribution >= 4 is 33.8 Å². The fourth-order valence-corrected chi connectivity index (χ4v) is 2.46. The number of nitrogens with zero attached hydrogens (tertiary/aromatic N) is 1. The minimum atomic E-state index is 0.379. The molecule has 0 radical (unpaired) electrons. The van der Waals surface area contributed by atoms with Gasteiger partial charge in [-0.1, -0.05) is 12.1 Å². The van der Waals surface area contributed by atoms with Gasteiger partial charge < -0.3 is 9.40 Å². The molecule has 0 spiro atoms. The van der Waals surface area contributed by atoms with E-state index in [1.807, 2.05) is 24.3 Å². The molecule has 2 aromatic heterocycles. The first-order chi connectivity index (χ1) is 7.33. The van der Waals surface area contributed by atoms with Gasteiger partial charge in [-0.2, -0.15) is 0 Å². The molecule has 0 aliphatic carbocycles. The standard InChI is InChI=1S/C10H6N2OS2/c14-10-12-7(5-13-10)9-11-6-3-1-2-4-8(6)15-9/h1-5H,(H,12,14). The molecule has 0 aliphatic rings. The smallest absolute Gasteiger partial charge is 0.266 e. The molecule has 15 heavy (non-hydrogen) atoms. The Morgan fingerprint density at radius 1 is 1.33 bits per heavy atom. The second-order valence-corrected chi connectivity index (χ2v) is 4.45. The Morgan fingerprint density at radius 2 is 2.20 bits per heavy atom. The Bertz CT molecular complexity index is 632. The number of oxazole rings is 1. The number of aromatic amines is 1. The number of H-pyrrole nitrogens is 1. The molecule has 0 fully saturated rings. The van der Waals surface area contributed by atoms with Gasteiger partial charge in [-0.25, -0.2) is 4.98 Å². The molecule has 1 N–H and O–H groups in total. The van der Waals surface area contributed by atoms with E-state index in [0.29, 0.717) is 4.84 Å². The van der Waals surface area contributed by atoms with Crippen LogP contribution in [0.2, 0.25) is 0 Å². The number of rotatable bonds is 1. The van der Waals surface area contributed by atoms with Gasteiger partial charge in [0.05, 0.1) is 10.2 Å². The Morgan fingerprint density at radius 3 is 2.93 bits per heavy atom. The van der Waals surface area contributed by atoms with Crippen LogP contribution in [0.3, 0.4) is 0 Å². The summed E-state index contributed by atoms with van der Waals surface area (Å²) >= 11 is 6.48. The Labute approximate surface area is 94.4 Å². The predicted octanol–water partition coefficient (Wildman–Crippen LogP) is 3.61. The molecule has 0 saturated heterocycles. The van der Waals surface area contributed by atoms with Gasteiger partial charge in [0.2, 0.25) is 0 Å². The van der Waals surface area contributed by atoms with Crippen LogP contribution in [-0.2, 0) is 0 Å². The largest absolute Gasteiger partial charge is 0.437 e. The van der Waals surface area contributed by atoms with Crippen LogP contribution in [0.5, 0.6) is 0 Å². The van der Waals surface area contributed by atoms with Crippen molar-refractivity contribution in [2.45, 2.75) is 0 Å². The van der Waals surface area contributed by atoms with Gasteiger partial charge in [-0.15, -0.1) is 11.3 Å². The molecule has 0 aliphatic heterocycles. The van der Waals surface area contributed by atoms with Gasteiger partial charge >= 0.3 is 0 Å². The number of hydrogen-bond donors (Lipinski definition) is 1. The van der Waals surface area contributed by atoms with E-state index < -0.39 is 0 Å². The molecular formula is C10H6N2OS2. The zero-order valence-electron chi connectivity index (χ0n) is 7.56. The number of aromatic nitrogens is 2. The van der Waals surface area contributed by atoms with Crippen molar-refractivity contribution in [1.29, 1.82) is 0 Å². The summed E-state index contributed by atoms with van der Waals surface area (Å²) in [7, 11) is 0. The van der Waals surface area contributed by atoms with E-state index in [9.17, 15) is 0 Å². The molecule has 0 atom stereocenters. The predicted molar refractivity (Wildman–Crippen MR) is 62.5 cm³/mol. The van der Waals surface area contributed by atoms with Crippen molar-refractivity contribution in [3.63, 3.8) is 0 Å². The molecular weight excluding hydrogens is 228 g/mol. The minimum absolute atomic E-state index is 0.379. The maximum absolute atomic E-state index is 5.04. The number of para-hydroxylation sites is 1. The summed E-state index contributed by atoms with van der Waals surface area (Å²) in [5.41, 5.74) is 1.83. The third-order valence-corrected chi connectivity index (χ3v) is 3.31. The monoisotopic (exact) mass is 234 g/mol. The van der Waals surface area contributed by atoms with Crippen molar-refractivity contribution in [3.8, 4) is 10.7 Å². The van der Waals surface area contributed by atoms with Gasteiger partial charge in [0, 0.05) is 0 Å². The van der Waals surface area contributed by atoms with Crippen LogP contribution in [0.25, 0.3) is 20.9 Å². The van der Waals surface area contributed by atoms with Crippen LogP contribution in [-0.4, -0.2) is 9.97 Å². The van der Waals surface area contributed by atoms with E-state index >= 15 is 0 Å². The Hall–Kier alpha value is -1.46. The summed E-state index contributed by atoms with van der Waals surface area (Å²) in [5, 5.41) is 0.899.